The third-order valence-corrected chi connectivity index (χ3v) is 3.52. The highest BCUT2D eigenvalue weighted by Crippen LogP contribution is 2.23. The average molecular weight is 287 g/mol. The van der Waals surface area contributed by atoms with E-state index < -0.39 is 5.97 Å². The molecule has 0 bridgehead atoms. The number of carbonyl (C=O) groups is 1. The molecule has 19 heavy (non-hydrogen) atoms. The third-order valence-electron chi connectivity index (χ3n) is 2.72. The lowest BCUT2D eigenvalue weighted by molar-refractivity contribution is -0.133. The van der Waals surface area contributed by atoms with Gasteiger partial charge < -0.3 is 14.4 Å². The molecule has 1 fully saturated rings. The SMILES string of the molecule is CCCN1CCOC(c2noc(SCC(=O)O)n2)C1. The minimum atomic E-state index is -0.909. The Morgan fingerprint density at radius 1 is 1.63 bits per heavy atom. The summed E-state index contributed by atoms with van der Waals surface area (Å²) in [4.78, 5) is 16.9. The molecule has 1 saturated heterocycles. The van der Waals surface area contributed by atoms with Crippen LogP contribution in [0.5, 0.6) is 0 Å². The summed E-state index contributed by atoms with van der Waals surface area (Å²) in [5.41, 5.74) is 0. The normalized spacial score (nSPS) is 20.6. The van der Waals surface area contributed by atoms with E-state index in [0.29, 0.717) is 12.4 Å². The lowest BCUT2D eigenvalue weighted by atomic mass is 10.2. The summed E-state index contributed by atoms with van der Waals surface area (Å²) in [5.74, 6) is -0.503. The molecule has 8 heteroatoms. The topological polar surface area (TPSA) is 88.7 Å². The molecule has 1 unspecified atom stereocenters. The van der Waals surface area contributed by atoms with E-state index in [9.17, 15) is 4.79 Å². The predicted molar refractivity (Wildman–Crippen MR) is 68.1 cm³/mol. The molecule has 0 saturated carbocycles. The van der Waals surface area contributed by atoms with Crippen molar-refractivity contribution >= 4 is 17.7 Å². The van der Waals surface area contributed by atoms with Crippen molar-refractivity contribution in [1.29, 1.82) is 0 Å². The van der Waals surface area contributed by atoms with Gasteiger partial charge in [0.15, 0.2) is 0 Å². The second-order valence-corrected chi connectivity index (χ2v) is 5.19. The molecule has 1 atom stereocenters. The standard InChI is InChI=1S/C11H17N3O4S/c1-2-3-14-4-5-17-8(6-14)10-12-11(18-13-10)19-7-9(15)16/h8H,2-7H2,1H3,(H,15,16). The van der Waals surface area contributed by atoms with Crippen molar-refractivity contribution in [2.75, 3.05) is 32.0 Å². The maximum atomic E-state index is 10.5. The van der Waals surface area contributed by atoms with Crippen LogP contribution < -0.4 is 0 Å². The highest BCUT2D eigenvalue weighted by atomic mass is 32.2. The number of thioether (sulfide) groups is 1. The van der Waals surface area contributed by atoms with Crippen molar-refractivity contribution in [3.05, 3.63) is 5.82 Å². The number of hydrogen-bond donors (Lipinski definition) is 1. The zero-order valence-electron chi connectivity index (χ0n) is 10.7. The second kappa shape index (κ2) is 6.88. The molecular formula is C11H17N3O4S. The van der Waals surface area contributed by atoms with Crippen LogP contribution >= 0.6 is 11.8 Å². The smallest absolute Gasteiger partial charge is 0.314 e. The predicted octanol–water partition coefficient (Wildman–Crippen LogP) is 1.03. The molecule has 1 aliphatic heterocycles. The van der Waals surface area contributed by atoms with Gasteiger partial charge in [-0.3, -0.25) is 9.69 Å². The minimum Gasteiger partial charge on any atom is -0.481 e. The quantitative estimate of drug-likeness (QED) is 0.776. The van der Waals surface area contributed by atoms with E-state index in [-0.39, 0.29) is 17.1 Å². The maximum Gasteiger partial charge on any atom is 0.314 e. The van der Waals surface area contributed by atoms with Crippen LogP contribution in [0, 0.1) is 0 Å². The highest BCUT2D eigenvalue weighted by Gasteiger charge is 2.25. The van der Waals surface area contributed by atoms with Gasteiger partial charge in [-0.2, -0.15) is 4.98 Å². The van der Waals surface area contributed by atoms with E-state index in [0.717, 1.165) is 37.8 Å². The number of nitrogens with zero attached hydrogens (tertiary/aromatic N) is 3. The number of aliphatic carboxylic acids is 1. The lowest BCUT2D eigenvalue weighted by Gasteiger charge is -2.30. The van der Waals surface area contributed by atoms with Crippen LogP contribution in [0.4, 0.5) is 0 Å². The third kappa shape index (κ3) is 4.19. The van der Waals surface area contributed by atoms with Gasteiger partial charge in [0.1, 0.15) is 11.9 Å². The molecule has 1 aromatic heterocycles. The van der Waals surface area contributed by atoms with E-state index >= 15 is 0 Å². The van der Waals surface area contributed by atoms with Crippen molar-refractivity contribution in [2.45, 2.75) is 24.7 Å². The van der Waals surface area contributed by atoms with Gasteiger partial charge >= 0.3 is 5.97 Å². The largest absolute Gasteiger partial charge is 0.481 e. The molecule has 0 aromatic carbocycles. The van der Waals surface area contributed by atoms with E-state index in [4.69, 9.17) is 14.4 Å². The number of ether oxygens (including phenoxy) is 1. The summed E-state index contributed by atoms with van der Waals surface area (Å²) >= 11 is 1.02. The molecule has 0 aliphatic carbocycles. The summed E-state index contributed by atoms with van der Waals surface area (Å²) in [6.07, 6.45) is 0.904. The van der Waals surface area contributed by atoms with Crippen LogP contribution in [-0.4, -0.2) is 58.1 Å². The number of hydrogen-bond acceptors (Lipinski definition) is 7. The molecular weight excluding hydrogens is 270 g/mol. The van der Waals surface area contributed by atoms with Gasteiger partial charge in [-0.25, -0.2) is 0 Å². The molecule has 2 heterocycles. The molecule has 7 nitrogen and oxygen atoms in total. The number of morpholine rings is 1. The zero-order chi connectivity index (χ0) is 13.7. The molecule has 0 radical (unpaired) electrons. The van der Waals surface area contributed by atoms with Gasteiger partial charge in [0.05, 0.1) is 6.61 Å². The Balaban J connectivity index is 1.92. The van der Waals surface area contributed by atoms with E-state index in [1.165, 1.54) is 0 Å². The Hall–Kier alpha value is -1.12. The minimum absolute atomic E-state index is 0.0882. The Morgan fingerprint density at radius 3 is 3.21 bits per heavy atom. The molecule has 106 valence electrons. The molecule has 0 amide bonds. The van der Waals surface area contributed by atoms with Crippen LogP contribution in [0.25, 0.3) is 0 Å². The van der Waals surface area contributed by atoms with Crippen molar-refractivity contribution in [3.63, 3.8) is 0 Å². The summed E-state index contributed by atoms with van der Waals surface area (Å²) in [6, 6.07) is 0. The van der Waals surface area contributed by atoms with E-state index in [2.05, 4.69) is 22.0 Å². The van der Waals surface area contributed by atoms with Gasteiger partial charge in [0, 0.05) is 13.1 Å². The van der Waals surface area contributed by atoms with Crippen molar-refractivity contribution < 1.29 is 19.2 Å². The molecule has 1 aromatic rings. The number of rotatable bonds is 6. The fourth-order valence-corrected chi connectivity index (χ4v) is 2.41. The molecule has 1 N–H and O–H groups in total. The Bertz CT molecular complexity index is 424. The van der Waals surface area contributed by atoms with Crippen LogP contribution in [0.1, 0.15) is 25.3 Å². The van der Waals surface area contributed by atoms with Gasteiger partial charge in [0.25, 0.3) is 5.22 Å². The molecule has 2 rings (SSSR count). The van der Waals surface area contributed by atoms with Crippen LogP contribution in [0.3, 0.4) is 0 Å². The fourth-order valence-electron chi connectivity index (χ4n) is 1.91. The number of aromatic nitrogens is 2. The first-order chi connectivity index (χ1) is 9.19. The second-order valence-electron chi connectivity index (χ2n) is 4.26. The zero-order valence-corrected chi connectivity index (χ0v) is 11.6. The highest BCUT2D eigenvalue weighted by molar-refractivity contribution is 7.99. The molecule has 1 aliphatic rings. The van der Waals surface area contributed by atoms with E-state index in [1.807, 2.05) is 0 Å². The van der Waals surface area contributed by atoms with Gasteiger partial charge in [0.2, 0.25) is 5.82 Å². The van der Waals surface area contributed by atoms with Crippen molar-refractivity contribution in [2.24, 2.45) is 0 Å². The summed E-state index contributed by atoms with van der Waals surface area (Å²) < 4.78 is 10.6. The van der Waals surface area contributed by atoms with E-state index in [1.54, 1.807) is 0 Å². The van der Waals surface area contributed by atoms with Crippen LogP contribution in [0.2, 0.25) is 0 Å². The monoisotopic (exact) mass is 287 g/mol. The molecule has 0 spiro atoms. The van der Waals surface area contributed by atoms with Gasteiger partial charge in [-0.15, -0.1) is 0 Å². The first-order valence-electron chi connectivity index (χ1n) is 6.21. The van der Waals surface area contributed by atoms with Crippen LogP contribution in [-0.2, 0) is 9.53 Å². The van der Waals surface area contributed by atoms with Gasteiger partial charge in [-0.1, -0.05) is 23.8 Å². The average Bonchev–Trinajstić information content (AvgIpc) is 2.86. The first kappa shape index (κ1) is 14.3. The summed E-state index contributed by atoms with van der Waals surface area (Å²) in [6.45, 7) is 5.48. The van der Waals surface area contributed by atoms with Crippen molar-refractivity contribution in [1.82, 2.24) is 15.0 Å². The number of carboxylic acid groups (broad SMARTS) is 1. The van der Waals surface area contributed by atoms with Crippen LogP contribution in [0.15, 0.2) is 9.75 Å². The first-order valence-corrected chi connectivity index (χ1v) is 7.19. The Morgan fingerprint density at radius 2 is 2.47 bits per heavy atom. The summed E-state index contributed by atoms with van der Waals surface area (Å²) in [5, 5.41) is 12.7. The van der Waals surface area contributed by atoms with Crippen molar-refractivity contribution in [3.8, 4) is 0 Å². The summed E-state index contributed by atoms with van der Waals surface area (Å²) in [7, 11) is 0. The fraction of sp³-hybridized carbons (Fsp3) is 0.727. The van der Waals surface area contributed by atoms with Gasteiger partial charge in [-0.05, 0) is 13.0 Å². The Labute approximate surface area is 115 Å². The Kier molecular flexibility index (Phi) is 5.17. The number of carboxylic acids is 1. The maximum absolute atomic E-state index is 10.5. The lowest BCUT2D eigenvalue weighted by Crippen LogP contribution is -2.39.